The van der Waals surface area contributed by atoms with Crippen LogP contribution in [0.5, 0.6) is 11.5 Å². The van der Waals surface area contributed by atoms with Gasteiger partial charge in [-0.15, -0.1) is 10.2 Å². The molecule has 500 valence electrons. The van der Waals surface area contributed by atoms with Crippen LogP contribution in [-0.2, 0) is 35.2 Å². The van der Waals surface area contributed by atoms with Crippen molar-refractivity contribution in [3.8, 4) is 32.6 Å². The zero-order chi connectivity index (χ0) is 65.9. The van der Waals surface area contributed by atoms with Crippen molar-refractivity contribution in [3.63, 3.8) is 0 Å². The van der Waals surface area contributed by atoms with E-state index >= 15 is 0 Å². The zero-order valence-corrected chi connectivity index (χ0v) is 52.5. The van der Waals surface area contributed by atoms with E-state index in [-0.39, 0.29) is 55.3 Å². The van der Waals surface area contributed by atoms with Crippen molar-refractivity contribution in [2.24, 2.45) is 17.4 Å². The highest BCUT2D eigenvalue weighted by atomic mass is 32.1. The van der Waals surface area contributed by atoms with Crippen LogP contribution in [0.3, 0.4) is 0 Å². The predicted molar refractivity (Wildman–Crippen MR) is 337 cm³/mol. The summed E-state index contributed by atoms with van der Waals surface area (Å²) in [5.74, 6) is -8.60. The average molecular weight is 1300 g/mol. The Labute approximate surface area is 537 Å². The number of amides is 7. The number of aliphatic hydroxyl groups excluding tert-OH is 6. The number of nitrogens with two attached hydrogens (primary N) is 2. The summed E-state index contributed by atoms with van der Waals surface area (Å²) in [7, 11) is 0. The maximum absolute atomic E-state index is 14.7. The summed E-state index contributed by atoms with van der Waals surface area (Å²) in [6, 6.07) is 8.29. The number of nitrogens with zero attached hydrogens (tertiary/aromatic N) is 6. The van der Waals surface area contributed by atoms with Gasteiger partial charge in [0, 0.05) is 106 Å². The molecule has 5 fully saturated rings. The fourth-order valence-electron chi connectivity index (χ4n) is 12.8. The number of ether oxygens (including phenoxy) is 1. The first-order valence-electron chi connectivity index (χ1n) is 31.7. The normalized spacial score (nSPS) is 27.3. The predicted octanol–water partition coefficient (Wildman–Crippen LogP) is -1.94. The fourth-order valence-corrected chi connectivity index (χ4v) is 13.7. The molecular formula is C63H87N13O15S. The standard InChI is InChI=1S/C63H87N13O15S/c1-34-32-76-53(54(34)83)59(88)66-31-42(78)29-44(67-55(84)37-10-12-38(13-11-37)60-71-72-61(92-60)39-14-16-41(17-15-39)74-24-22-73(23-25-74)40-7-5-3-4-6-8-40)56(85)68-50(35(2)77)62(89)75-33-43(79)30-45(75)57(86)69-51(58(87)70-52(63(76)90)47(81)19-20-64)48(82)27-36-9-18-46(80)49(28-36)91-26-21-65/h9-18,28,34-35,40,42-45,47-48,50-54,77-83H,3-8,19-27,29-33,64-65H2,1-2H3,(H,66,88)(H,67,84)(H,68,85)(H,69,86)(H,70,87)/t34-,35+,42+,43+,44-,45-,47+,48+,50-,51-,52-,53-,54-/m0/s1. The summed E-state index contributed by atoms with van der Waals surface area (Å²) >= 11 is 1.36. The SMILES string of the molecule is C[C@@H](O)[C@@H]1NC(=O)[C@@H](NC(=O)c2ccc(-c3nnc(-c4ccc(N5CCN(C6CCCCCC6)CC5)cc4)s3)cc2)C[C@@H](O)CNC(=O)[C@@H]2[C@@H](O)[C@@H](C)CN2C(=O)[C@H]([C@H](O)CCN)NC(=O)[C@H]([C@H](O)Cc2ccc(O)c(OCCN)c2)NC(=O)[C@@H]2C[C@@H](O)CN2C1=O. The highest BCUT2D eigenvalue weighted by molar-refractivity contribution is 7.17. The fraction of sp³-hybridized carbons (Fsp3) is 0.571. The summed E-state index contributed by atoms with van der Waals surface area (Å²) in [6.07, 6.45) is -3.96. The molecule has 0 spiro atoms. The van der Waals surface area contributed by atoms with Crippen LogP contribution in [0.4, 0.5) is 5.69 Å². The second-order valence-electron chi connectivity index (χ2n) is 24.7. The van der Waals surface area contributed by atoms with Crippen molar-refractivity contribution < 1.29 is 74.0 Å². The summed E-state index contributed by atoms with van der Waals surface area (Å²) in [6.45, 7) is 5.11. The van der Waals surface area contributed by atoms with Gasteiger partial charge in [0.25, 0.3) is 5.91 Å². The number of β-amino-alcohol motifs (C(OH)–C–C–N with tert-alkyl or cyclic N) is 1. The second kappa shape index (κ2) is 31.4. The molecular weight excluding hydrogens is 1210 g/mol. The average Bonchev–Trinajstić information content (AvgIpc) is 1.73. The molecule has 1 saturated carbocycles. The van der Waals surface area contributed by atoms with E-state index in [1.807, 2.05) is 12.1 Å². The number of hydrogen-bond acceptors (Lipinski definition) is 22. The van der Waals surface area contributed by atoms with Gasteiger partial charge in [0.2, 0.25) is 35.4 Å². The van der Waals surface area contributed by atoms with E-state index in [4.69, 9.17) is 16.2 Å². The summed E-state index contributed by atoms with van der Waals surface area (Å²) in [4.78, 5) is 108. The summed E-state index contributed by atoms with van der Waals surface area (Å²) in [5.41, 5.74) is 14.4. The molecule has 5 aliphatic rings. The van der Waals surface area contributed by atoms with Gasteiger partial charge >= 0.3 is 0 Å². The van der Waals surface area contributed by atoms with E-state index in [1.54, 1.807) is 19.1 Å². The number of aromatic hydroxyl groups is 1. The Balaban J connectivity index is 0.950. The molecule has 0 radical (unpaired) electrons. The molecule has 9 rings (SSSR count). The molecule has 7 amide bonds. The first-order valence-corrected chi connectivity index (χ1v) is 32.5. The van der Waals surface area contributed by atoms with Crippen LogP contribution in [0.15, 0.2) is 66.7 Å². The van der Waals surface area contributed by atoms with E-state index in [0.29, 0.717) is 21.6 Å². The van der Waals surface area contributed by atoms with E-state index in [2.05, 4.69) is 58.7 Å². The molecule has 0 unspecified atom stereocenters. The zero-order valence-electron chi connectivity index (χ0n) is 51.7. The first-order chi connectivity index (χ1) is 44.1. The van der Waals surface area contributed by atoms with Crippen LogP contribution >= 0.6 is 11.3 Å². The molecule has 4 aliphatic heterocycles. The van der Waals surface area contributed by atoms with E-state index < -0.39 is 152 Å². The van der Waals surface area contributed by atoms with Crippen molar-refractivity contribution in [1.29, 1.82) is 0 Å². The molecule has 4 aromatic rings. The van der Waals surface area contributed by atoms with Crippen LogP contribution in [0.2, 0.25) is 0 Å². The maximum Gasteiger partial charge on any atom is 0.251 e. The molecule has 13 atom stereocenters. The van der Waals surface area contributed by atoms with Gasteiger partial charge in [0.15, 0.2) is 11.5 Å². The number of rotatable bonds is 16. The number of carbonyl (C=O) groups excluding carboxylic acids is 7. The van der Waals surface area contributed by atoms with Crippen LogP contribution < -0.4 is 47.7 Å². The van der Waals surface area contributed by atoms with E-state index in [9.17, 15) is 69.3 Å². The number of benzene rings is 3. The van der Waals surface area contributed by atoms with Gasteiger partial charge < -0.3 is 93.2 Å². The van der Waals surface area contributed by atoms with E-state index in [1.165, 1.54) is 80.2 Å². The first kappa shape index (κ1) is 68.9. The van der Waals surface area contributed by atoms with Crippen molar-refractivity contribution in [1.82, 2.24) is 51.5 Å². The molecule has 4 saturated heterocycles. The van der Waals surface area contributed by atoms with Gasteiger partial charge in [-0.2, -0.15) is 0 Å². The number of fused-ring (bicyclic) bond motifs is 2. The quantitative estimate of drug-likeness (QED) is 0.0543. The second-order valence-corrected chi connectivity index (χ2v) is 25.7. The van der Waals surface area contributed by atoms with Crippen LogP contribution in [-0.4, -0.2) is 246 Å². The van der Waals surface area contributed by atoms with Crippen molar-refractivity contribution in [2.75, 3.05) is 70.4 Å². The minimum Gasteiger partial charge on any atom is -0.504 e. The number of phenols is 1. The molecule has 1 aromatic heterocycles. The molecule has 92 heavy (non-hydrogen) atoms. The van der Waals surface area contributed by atoms with E-state index in [0.717, 1.165) is 54.2 Å². The molecule has 0 bridgehead atoms. The monoisotopic (exact) mass is 1300 g/mol. The minimum atomic E-state index is -2.04. The molecule has 3 aromatic carbocycles. The Morgan fingerprint density at radius 1 is 0.717 bits per heavy atom. The van der Waals surface area contributed by atoms with Gasteiger partial charge in [0.05, 0.1) is 36.6 Å². The Hall–Kier alpha value is -7.45. The van der Waals surface area contributed by atoms with Crippen molar-refractivity contribution in [2.45, 2.75) is 157 Å². The lowest BCUT2D eigenvalue weighted by molar-refractivity contribution is -0.147. The number of aromatic nitrogens is 2. The van der Waals surface area contributed by atoms with Gasteiger partial charge in [-0.1, -0.05) is 62.1 Å². The Kier molecular flexibility index (Phi) is 23.6. The minimum absolute atomic E-state index is 0.00285. The number of anilines is 1. The molecule has 5 heterocycles. The Morgan fingerprint density at radius 2 is 1.35 bits per heavy atom. The van der Waals surface area contributed by atoms with Crippen molar-refractivity contribution in [3.05, 3.63) is 77.9 Å². The third kappa shape index (κ3) is 16.7. The number of hydrogen-bond donors (Lipinski definition) is 14. The van der Waals surface area contributed by atoms with Gasteiger partial charge in [0.1, 0.15) is 52.9 Å². The van der Waals surface area contributed by atoms with Crippen LogP contribution in [0, 0.1) is 5.92 Å². The number of phenolic OH excluding ortho intramolecular Hbond substituents is 1. The highest BCUT2D eigenvalue weighted by Crippen LogP contribution is 2.34. The molecule has 1 aliphatic carbocycles. The lowest BCUT2D eigenvalue weighted by Gasteiger charge is -2.40. The molecule has 28 nitrogen and oxygen atoms in total. The third-order valence-corrected chi connectivity index (χ3v) is 19.0. The smallest absolute Gasteiger partial charge is 0.251 e. The largest absolute Gasteiger partial charge is 0.504 e. The molecule has 16 N–H and O–H groups in total. The van der Waals surface area contributed by atoms with Gasteiger partial charge in [-0.25, -0.2) is 0 Å². The van der Waals surface area contributed by atoms with Crippen molar-refractivity contribution >= 4 is 58.4 Å². The van der Waals surface area contributed by atoms with Crippen LogP contribution in [0.1, 0.15) is 87.6 Å². The topological polar surface area (TPSA) is 421 Å². The Bertz CT molecular complexity index is 3200. The lowest BCUT2D eigenvalue weighted by atomic mass is 9.98. The number of carbonyl (C=O) groups is 7. The van der Waals surface area contributed by atoms with Crippen LogP contribution in [0.25, 0.3) is 21.1 Å². The third-order valence-electron chi connectivity index (χ3n) is 18.0. The summed E-state index contributed by atoms with van der Waals surface area (Å²) < 4.78 is 5.52. The number of nitrogens with one attached hydrogen (secondary N) is 5. The molecule has 29 heteroatoms. The highest BCUT2D eigenvalue weighted by Gasteiger charge is 2.50. The van der Waals surface area contributed by atoms with Gasteiger partial charge in [-0.05, 0) is 86.8 Å². The lowest BCUT2D eigenvalue weighted by Crippen LogP contribution is -2.64. The number of aliphatic hydroxyl groups is 6. The summed E-state index contributed by atoms with van der Waals surface area (Å²) in [5, 5.41) is 102. The Morgan fingerprint density at radius 3 is 1.99 bits per heavy atom. The number of piperazine rings is 1. The van der Waals surface area contributed by atoms with Gasteiger partial charge in [-0.3, -0.25) is 38.5 Å². The maximum atomic E-state index is 14.7.